The van der Waals surface area contributed by atoms with Crippen LogP contribution in [0.4, 0.5) is 0 Å². The number of hydrogen-bond acceptors (Lipinski definition) is 2. The molecule has 0 heterocycles. The van der Waals surface area contributed by atoms with Crippen LogP contribution in [0.1, 0.15) is 45.4 Å². The summed E-state index contributed by atoms with van der Waals surface area (Å²) in [6.45, 7) is 2.13. The van der Waals surface area contributed by atoms with Crippen molar-refractivity contribution in [2.24, 2.45) is 0 Å². The standard InChI is InChI=1S/C10H19NO2/c1-2-3-4-5-9(10(12)13)11-8-6-7-8/h8-9,11H,2-7H2,1H3,(H,12,13). The van der Waals surface area contributed by atoms with Gasteiger partial charge in [0.05, 0.1) is 0 Å². The molecular weight excluding hydrogens is 166 g/mol. The highest BCUT2D eigenvalue weighted by Gasteiger charge is 2.27. The van der Waals surface area contributed by atoms with E-state index in [4.69, 9.17) is 5.11 Å². The highest BCUT2D eigenvalue weighted by Crippen LogP contribution is 2.20. The van der Waals surface area contributed by atoms with Gasteiger partial charge >= 0.3 is 5.97 Å². The summed E-state index contributed by atoms with van der Waals surface area (Å²) in [5.41, 5.74) is 0. The summed E-state index contributed by atoms with van der Waals surface area (Å²) in [6, 6.07) is 0.182. The van der Waals surface area contributed by atoms with E-state index in [9.17, 15) is 4.79 Å². The lowest BCUT2D eigenvalue weighted by Gasteiger charge is -2.12. The van der Waals surface area contributed by atoms with E-state index in [2.05, 4.69) is 12.2 Å². The molecular formula is C10H19NO2. The maximum absolute atomic E-state index is 10.8. The smallest absolute Gasteiger partial charge is 0.320 e. The molecule has 0 radical (unpaired) electrons. The van der Waals surface area contributed by atoms with Gasteiger partial charge in [0.15, 0.2) is 0 Å². The van der Waals surface area contributed by atoms with Crippen molar-refractivity contribution in [1.82, 2.24) is 5.32 Å². The van der Waals surface area contributed by atoms with Gasteiger partial charge in [-0.05, 0) is 19.3 Å². The molecule has 1 aliphatic rings. The normalized spacial score (nSPS) is 18.5. The van der Waals surface area contributed by atoms with Crippen LogP contribution in [0.5, 0.6) is 0 Å². The SMILES string of the molecule is CCCCCC(NC1CC1)C(=O)O. The lowest BCUT2D eigenvalue weighted by molar-refractivity contribution is -0.139. The molecule has 1 aliphatic carbocycles. The molecule has 0 aromatic rings. The van der Waals surface area contributed by atoms with Crippen molar-refractivity contribution in [2.75, 3.05) is 0 Å². The second-order valence-corrected chi connectivity index (χ2v) is 3.83. The molecule has 0 aromatic heterocycles. The summed E-state index contributed by atoms with van der Waals surface area (Å²) in [5, 5.41) is 12.0. The summed E-state index contributed by atoms with van der Waals surface area (Å²) < 4.78 is 0. The molecule has 3 heteroatoms. The predicted octanol–water partition coefficient (Wildman–Crippen LogP) is 1.77. The Morgan fingerprint density at radius 1 is 1.54 bits per heavy atom. The van der Waals surface area contributed by atoms with E-state index in [1.807, 2.05) is 0 Å². The second-order valence-electron chi connectivity index (χ2n) is 3.83. The number of carboxylic acid groups (broad SMARTS) is 1. The Morgan fingerprint density at radius 2 is 2.23 bits per heavy atom. The average Bonchev–Trinajstić information content (AvgIpc) is 2.86. The molecule has 0 bridgehead atoms. The lowest BCUT2D eigenvalue weighted by Crippen LogP contribution is -2.37. The van der Waals surface area contributed by atoms with E-state index in [-0.39, 0.29) is 6.04 Å². The highest BCUT2D eigenvalue weighted by atomic mass is 16.4. The maximum atomic E-state index is 10.8. The Bertz CT molecular complexity index is 166. The molecule has 2 N–H and O–H groups in total. The first-order valence-electron chi connectivity index (χ1n) is 5.23. The second kappa shape index (κ2) is 5.22. The van der Waals surface area contributed by atoms with E-state index in [0.29, 0.717) is 6.04 Å². The van der Waals surface area contributed by atoms with Crippen molar-refractivity contribution < 1.29 is 9.90 Å². The number of hydrogen-bond donors (Lipinski definition) is 2. The van der Waals surface area contributed by atoms with Crippen LogP contribution >= 0.6 is 0 Å². The number of aliphatic carboxylic acids is 1. The number of carbonyl (C=O) groups is 1. The van der Waals surface area contributed by atoms with Gasteiger partial charge in [-0.15, -0.1) is 0 Å². The molecule has 0 aliphatic heterocycles. The molecule has 0 aromatic carbocycles. The van der Waals surface area contributed by atoms with Crippen molar-refractivity contribution in [1.29, 1.82) is 0 Å². The Labute approximate surface area is 79.5 Å². The third-order valence-electron chi connectivity index (χ3n) is 2.41. The van der Waals surface area contributed by atoms with Crippen LogP contribution in [0.25, 0.3) is 0 Å². The van der Waals surface area contributed by atoms with Gasteiger partial charge in [-0.1, -0.05) is 26.2 Å². The summed E-state index contributed by atoms with van der Waals surface area (Å²) >= 11 is 0. The van der Waals surface area contributed by atoms with Gasteiger partial charge in [0.1, 0.15) is 6.04 Å². The largest absolute Gasteiger partial charge is 0.480 e. The van der Waals surface area contributed by atoms with Gasteiger partial charge < -0.3 is 10.4 Å². The minimum Gasteiger partial charge on any atom is -0.480 e. The molecule has 0 amide bonds. The summed E-state index contributed by atoms with van der Waals surface area (Å²) in [5.74, 6) is -0.692. The minimum atomic E-state index is -0.692. The molecule has 1 unspecified atom stereocenters. The summed E-state index contributed by atoms with van der Waals surface area (Å²) in [7, 11) is 0. The molecule has 1 rings (SSSR count). The van der Waals surface area contributed by atoms with Crippen molar-refractivity contribution >= 4 is 5.97 Å². The predicted molar refractivity (Wildman–Crippen MR) is 51.7 cm³/mol. The van der Waals surface area contributed by atoms with Crippen LogP contribution in [-0.4, -0.2) is 23.2 Å². The van der Waals surface area contributed by atoms with Crippen LogP contribution in [-0.2, 0) is 4.79 Å². The van der Waals surface area contributed by atoms with Crippen LogP contribution in [0.15, 0.2) is 0 Å². The van der Waals surface area contributed by atoms with Gasteiger partial charge in [-0.25, -0.2) is 0 Å². The van der Waals surface area contributed by atoms with Crippen LogP contribution in [0.2, 0.25) is 0 Å². The number of carboxylic acids is 1. The lowest BCUT2D eigenvalue weighted by atomic mass is 10.1. The first-order valence-corrected chi connectivity index (χ1v) is 5.23. The van der Waals surface area contributed by atoms with E-state index in [1.165, 1.54) is 0 Å². The number of rotatable bonds is 7. The number of unbranched alkanes of at least 4 members (excludes halogenated alkanes) is 2. The first-order chi connectivity index (χ1) is 6.24. The van der Waals surface area contributed by atoms with Crippen molar-refractivity contribution in [3.8, 4) is 0 Å². The monoisotopic (exact) mass is 185 g/mol. The van der Waals surface area contributed by atoms with Crippen molar-refractivity contribution in [2.45, 2.75) is 57.5 Å². The maximum Gasteiger partial charge on any atom is 0.320 e. The highest BCUT2D eigenvalue weighted by molar-refractivity contribution is 5.73. The quantitative estimate of drug-likeness (QED) is 0.594. The third-order valence-corrected chi connectivity index (χ3v) is 2.41. The fourth-order valence-electron chi connectivity index (χ4n) is 1.41. The van der Waals surface area contributed by atoms with Gasteiger partial charge in [0.2, 0.25) is 0 Å². The molecule has 1 atom stereocenters. The molecule has 0 spiro atoms. The van der Waals surface area contributed by atoms with Crippen LogP contribution in [0.3, 0.4) is 0 Å². The van der Waals surface area contributed by atoms with E-state index < -0.39 is 5.97 Å². The molecule has 13 heavy (non-hydrogen) atoms. The Balaban J connectivity index is 2.16. The van der Waals surface area contributed by atoms with E-state index in [1.54, 1.807) is 0 Å². The molecule has 76 valence electrons. The van der Waals surface area contributed by atoms with Crippen molar-refractivity contribution in [3.63, 3.8) is 0 Å². The Morgan fingerprint density at radius 3 is 2.69 bits per heavy atom. The fraction of sp³-hybridized carbons (Fsp3) is 0.900. The van der Waals surface area contributed by atoms with E-state index >= 15 is 0 Å². The van der Waals surface area contributed by atoms with Crippen molar-refractivity contribution in [3.05, 3.63) is 0 Å². The fourth-order valence-corrected chi connectivity index (χ4v) is 1.41. The average molecular weight is 185 g/mol. The zero-order chi connectivity index (χ0) is 9.68. The summed E-state index contributed by atoms with van der Waals surface area (Å²) in [4.78, 5) is 10.8. The molecule has 1 saturated carbocycles. The van der Waals surface area contributed by atoms with Gasteiger partial charge in [-0.3, -0.25) is 4.79 Å². The van der Waals surface area contributed by atoms with Gasteiger partial charge in [0, 0.05) is 6.04 Å². The zero-order valence-electron chi connectivity index (χ0n) is 8.25. The Hall–Kier alpha value is -0.570. The topological polar surface area (TPSA) is 49.3 Å². The molecule has 1 fully saturated rings. The minimum absolute atomic E-state index is 0.306. The Kier molecular flexibility index (Phi) is 4.22. The third kappa shape index (κ3) is 4.27. The molecule has 0 saturated heterocycles. The zero-order valence-corrected chi connectivity index (χ0v) is 8.25. The first kappa shape index (κ1) is 10.5. The summed E-state index contributed by atoms with van der Waals surface area (Å²) in [6.07, 6.45) is 6.38. The molecule has 3 nitrogen and oxygen atoms in total. The van der Waals surface area contributed by atoms with Gasteiger partial charge in [-0.2, -0.15) is 0 Å². The number of nitrogens with one attached hydrogen (secondary N) is 1. The van der Waals surface area contributed by atoms with E-state index in [0.717, 1.165) is 38.5 Å². The van der Waals surface area contributed by atoms with Gasteiger partial charge in [0.25, 0.3) is 0 Å². The van der Waals surface area contributed by atoms with Crippen LogP contribution in [0, 0.1) is 0 Å². The van der Waals surface area contributed by atoms with Crippen LogP contribution < -0.4 is 5.32 Å².